The summed E-state index contributed by atoms with van der Waals surface area (Å²) in [4.78, 5) is 18.6. The SMILES string of the molecule is CC(Sc1ccccn1)C(=O)N(CCC#N)c1ccccc1. The quantitative estimate of drug-likeness (QED) is 0.766. The second-order valence-corrected chi connectivity index (χ2v) is 6.02. The molecule has 2 aromatic rings. The number of nitriles is 1. The summed E-state index contributed by atoms with van der Waals surface area (Å²) in [6.45, 7) is 2.26. The predicted octanol–water partition coefficient (Wildman–Crippen LogP) is 3.51. The molecule has 0 saturated carbocycles. The molecule has 2 rings (SSSR count). The van der Waals surface area contributed by atoms with Crippen LogP contribution in [0.3, 0.4) is 0 Å². The summed E-state index contributed by atoms with van der Waals surface area (Å²) in [6.07, 6.45) is 2.02. The van der Waals surface area contributed by atoms with Crippen LogP contribution in [0.1, 0.15) is 13.3 Å². The molecule has 1 amide bonds. The predicted molar refractivity (Wildman–Crippen MR) is 88.6 cm³/mol. The van der Waals surface area contributed by atoms with Crippen LogP contribution in [-0.4, -0.2) is 22.7 Å². The van der Waals surface area contributed by atoms with Gasteiger partial charge in [-0.2, -0.15) is 5.26 Å². The molecule has 22 heavy (non-hydrogen) atoms. The van der Waals surface area contributed by atoms with Gasteiger partial charge in [-0.05, 0) is 31.2 Å². The minimum absolute atomic E-state index is 0.0166. The summed E-state index contributed by atoms with van der Waals surface area (Å²) in [5, 5.41) is 9.36. The maximum Gasteiger partial charge on any atom is 0.240 e. The van der Waals surface area contributed by atoms with Gasteiger partial charge in [-0.25, -0.2) is 4.98 Å². The van der Waals surface area contributed by atoms with E-state index in [9.17, 15) is 4.79 Å². The number of amides is 1. The summed E-state index contributed by atoms with van der Waals surface area (Å²) in [5.41, 5.74) is 0.816. The number of nitrogens with zero attached hydrogens (tertiary/aromatic N) is 3. The summed E-state index contributed by atoms with van der Waals surface area (Å²) >= 11 is 1.42. The van der Waals surface area contributed by atoms with Gasteiger partial charge in [-0.3, -0.25) is 4.79 Å². The van der Waals surface area contributed by atoms with Crippen LogP contribution in [0.15, 0.2) is 59.8 Å². The molecular weight excluding hydrogens is 294 g/mol. The zero-order valence-corrected chi connectivity index (χ0v) is 13.2. The van der Waals surface area contributed by atoms with Crippen molar-refractivity contribution in [2.75, 3.05) is 11.4 Å². The Labute approximate surface area is 134 Å². The van der Waals surface area contributed by atoms with Gasteiger partial charge in [0.05, 0.1) is 22.8 Å². The second kappa shape index (κ2) is 8.20. The summed E-state index contributed by atoms with van der Waals surface area (Å²) in [5.74, 6) is -0.0166. The van der Waals surface area contributed by atoms with Gasteiger partial charge in [0.25, 0.3) is 0 Å². The van der Waals surface area contributed by atoms with E-state index in [1.807, 2.05) is 55.5 Å². The first-order valence-corrected chi connectivity index (χ1v) is 7.91. The molecule has 1 aromatic heterocycles. The fourth-order valence-corrected chi connectivity index (χ4v) is 2.87. The number of pyridine rings is 1. The van der Waals surface area contributed by atoms with Gasteiger partial charge in [0.1, 0.15) is 0 Å². The lowest BCUT2D eigenvalue weighted by Gasteiger charge is -2.24. The van der Waals surface area contributed by atoms with Crippen molar-refractivity contribution in [3.8, 4) is 6.07 Å². The van der Waals surface area contributed by atoms with Crippen LogP contribution in [0, 0.1) is 11.3 Å². The van der Waals surface area contributed by atoms with Gasteiger partial charge in [-0.15, -0.1) is 0 Å². The topological polar surface area (TPSA) is 57.0 Å². The number of thioether (sulfide) groups is 1. The van der Waals surface area contributed by atoms with Gasteiger partial charge < -0.3 is 4.90 Å². The van der Waals surface area contributed by atoms with Gasteiger partial charge in [0, 0.05) is 18.4 Å². The highest BCUT2D eigenvalue weighted by Crippen LogP contribution is 2.24. The Morgan fingerprint density at radius 2 is 2.00 bits per heavy atom. The molecule has 0 saturated heterocycles. The highest BCUT2D eigenvalue weighted by molar-refractivity contribution is 8.00. The highest BCUT2D eigenvalue weighted by atomic mass is 32.2. The van der Waals surface area contributed by atoms with Crippen molar-refractivity contribution in [1.29, 1.82) is 5.26 Å². The number of benzene rings is 1. The third kappa shape index (κ3) is 4.34. The first-order chi connectivity index (χ1) is 10.7. The van der Waals surface area contributed by atoms with E-state index in [1.165, 1.54) is 11.8 Å². The largest absolute Gasteiger partial charge is 0.310 e. The van der Waals surface area contributed by atoms with Crippen molar-refractivity contribution < 1.29 is 4.79 Å². The molecule has 0 N–H and O–H groups in total. The van der Waals surface area contributed by atoms with Crippen molar-refractivity contribution in [3.05, 3.63) is 54.7 Å². The second-order valence-electron chi connectivity index (χ2n) is 4.66. The molecule has 0 spiro atoms. The third-order valence-corrected chi connectivity index (χ3v) is 4.10. The molecular formula is C17H17N3OS. The number of hydrogen-bond donors (Lipinski definition) is 0. The first kappa shape index (κ1) is 16.1. The number of rotatable bonds is 6. The average molecular weight is 311 g/mol. The van der Waals surface area contributed by atoms with Crippen LogP contribution in [0.5, 0.6) is 0 Å². The number of para-hydroxylation sites is 1. The molecule has 1 aromatic carbocycles. The third-order valence-electron chi connectivity index (χ3n) is 3.06. The van der Waals surface area contributed by atoms with E-state index in [0.717, 1.165) is 10.7 Å². The molecule has 4 nitrogen and oxygen atoms in total. The molecule has 1 heterocycles. The minimum Gasteiger partial charge on any atom is -0.310 e. The number of carbonyl (C=O) groups is 1. The van der Waals surface area contributed by atoms with E-state index in [-0.39, 0.29) is 11.2 Å². The molecule has 0 aliphatic rings. The number of aromatic nitrogens is 1. The number of carbonyl (C=O) groups excluding carboxylic acids is 1. The Morgan fingerprint density at radius 1 is 1.27 bits per heavy atom. The molecule has 1 atom stereocenters. The Hall–Kier alpha value is -2.32. The normalized spacial score (nSPS) is 11.5. The summed E-state index contributed by atoms with van der Waals surface area (Å²) in [6, 6.07) is 17.2. The zero-order valence-electron chi connectivity index (χ0n) is 12.3. The van der Waals surface area contributed by atoms with Crippen LogP contribution in [0.4, 0.5) is 5.69 Å². The van der Waals surface area contributed by atoms with Crippen LogP contribution in [0.25, 0.3) is 0 Å². The average Bonchev–Trinajstić information content (AvgIpc) is 2.57. The first-order valence-electron chi connectivity index (χ1n) is 7.03. The van der Waals surface area contributed by atoms with Gasteiger partial charge >= 0.3 is 0 Å². The van der Waals surface area contributed by atoms with Crippen molar-refractivity contribution in [2.45, 2.75) is 23.6 Å². The van der Waals surface area contributed by atoms with Crippen molar-refractivity contribution >= 4 is 23.4 Å². The van der Waals surface area contributed by atoms with E-state index in [1.54, 1.807) is 11.1 Å². The molecule has 0 aliphatic heterocycles. The zero-order chi connectivity index (χ0) is 15.8. The Bertz CT molecular complexity index is 640. The molecule has 112 valence electrons. The van der Waals surface area contributed by atoms with E-state index >= 15 is 0 Å². The van der Waals surface area contributed by atoms with Crippen molar-refractivity contribution in [3.63, 3.8) is 0 Å². The summed E-state index contributed by atoms with van der Waals surface area (Å²) in [7, 11) is 0. The number of hydrogen-bond acceptors (Lipinski definition) is 4. The standard InChI is InChI=1S/C17H17N3OS/c1-14(22-16-10-5-6-12-19-16)17(21)20(13-7-11-18)15-8-3-2-4-9-15/h2-6,8-10,12,14H,7,13H2,1H3. The molecule has 0 fully saturated rings. The maximum absolute atomic E-state index is 12.7. The highest BCUT2D eigenvalue weighted by Gasteiger charge is 2.22. The van der Waals surface area contributed by atoms with Gasteiger partial charge in [0.15, 0.2) is 0 Å². The molecule has 0 radical (unpaired) electrons. The lowest BCUT2D eigenvalue weighted by atomic mass is 10.2. The number of anilines is 1. The van der Waals surface area contributed by atoms with E-state index in [2.05, 4.69) is 11.1 Å². The molecule has 1 unspecified atom stereocenters. The monoisotopic (exact) mass is 311 g/mol. The summed E-state index contributed by atoms with van der Waals surface area (Å²) < 4.78 is 0. The lowest BCUT2D eigenvalue weighted by Crippen LogP contribution is -2.37. The Kier molecular flexibility index (Phi) is 5.99. The fraction of sp³-hybridized carbons (Fsp3) is 0.235. The Morgan fingerprint density at radius 3 is 2.64 bits per heavy atom. The Balaban J connectivity index is 2.13. The van der Waals surface area contributed by atoms with Crippen LogP contribution in [0.2, 0.25) is 0 Å². The maximum atomic E-state index is 12.7. The van der Waals surface area contributed by atoms with Gasteiger partial charge in [-0.1, -0.05) is 36.0 Å². The van der Waals surface area contributed by atoms with Crippen molar-refractivity contribution in [1.82, 2.24) is 4.98 Å². The van der Waals surface area contributed by atoms with Crippen LogP contribution in [-0.2, 0) is 4.79 Å². The smallest absolute Gasteiger partial charge is 0.240 e. The van der Waals surface area contributed by atoms with E-state index in [0.29, 0.717) is 13.0 Å². The lowest BCUT2D eigenvalue weighted by molar-refractivity contribution is -0.117. The minimum atomic E-state index is -0.270. The van der Waals surface area contributed by atoms with Gasteiger partial charge in [0.2, 0.25) is 5.91 Å². The van der Waals surface area contributed by atoms with Crippen LogP contribution < -0.4 is 4.90 Å². The van der Waals surface area contributed by atoms with Crippen molar-refractivity contribution in [2.24, 2.45) is 0 Å². The molecule has 5 heteroatoms. The fourth-order valence-electron chi connectivity index (χ4n) is 2.00. The van der Waals surface area contributed by atoms with E-state index < -0.39 is 0 Å². The molecule has 0 bridgehead atoms. The molecule has 0 aliphatic carbocycles. The van der Waals surface area contributed by atoms with E-state index in [4.69, 9.17) is 5.26 Å². The van der Waals surface area contributed by atoms with Crippen LogP contribution >= 0.6 is 11.8 Å².